The molecule has 1 rings (SSSR count). The maximum atomic E-state index is 11.7. The van der Waals surface area contributed by atoms with E-state index in [-0.39, 0.29) is 36.2 Å². The van der Waals surface area contributed by atoms with E-state index in [1.165, 1.54) is 6.42 Å². The predicted molar refractivity (Wildman–Crippen MR) is 68.9 cm³/mol. The molecule has 0 spiro atoms. The number of amides is 2. The van der Waals surface area contributed by atoms with E-state index in [0.717, 1.165) is 0 Å². The first-order valence-electron chi connectivity index (χ1n) is 6.53. The molecule has 6 nitrogen and oxygen atoms in total. The van der Waals surface area contributed by atoms with E-state index in [1.807, 2.05) is 6.92 Å². The summed E-state index contributed by atoms with van der Waals surface area (Å²) in [5.41, 5.74) is 5.12. The molecular formula is C13H21N2O4. The maximum absolute atomic E-state index is 11.7. The molecule has 107 valence electrons. The topological polar surface area (TPSA) is 98.5 Å². The van der Waals surface area contributed by atoms with Crippen LogP contribution in [-0.4, -0.2) is 36.4 Å². The lowest BCUT2D eigenvalue weighted by molar-refractivity contribution is -0.124. The van der Waals surface area contributed by atoms with Gasteiger partial charge in [-0.3, -0.25) is 14.4 Å². The number of Topliss-reactive ketones (excluding diaryl/α,β-unsaturated/α-hetero) is 1. The number of carbonyl (C=O) groups excluding carboxylic acids is 3. The Bertz CT molecular complexity index is 357. The van der Waals surface area contributed by atoms with Crippen molar-refractivity contribution in [3.63, 3.8) is 0 Å². The first-order chi connectivity index (χ1) is 8.95. The highest BCUT2D eigenvalue weighted by molar-refractivity contribution is 5.94. The highest BCUT2D eigenvalue weighted by atomic mass is 16.5. The van der Waals surface area contributed by atoms with Crippen molar-refractivity contribution >= 4 is 17.6 Å². The SMILES string of the molecule is CCC1OCC(=O)C1NC(=O)[CH]CCC(C)C(N)=O. The Morgan fingerprint density at radius 3 is 2.84 bits per heavy atom. The summed E-state index contributed by atoms with van der Waals surface area (Å²) in [6, 6.07) is -0.553. The van der Waals surface area contributed by atoms with Gasteiger partial charge in [0.25, 0.3) is 0 Å². The molecule has 3 N–H and O–H groups in total. The molecule has 1 aliphatic heterocycles. The zero-order valence-electron chi connectivity index (χ0n) is 11.3. The Kier molecular flexibility index (Phi) is 5.95. The van der Waals surface area contributed by atoms with E-state index in [4.69, 9.17) is 10.5 Å². The monoisotopic (exact) mass is 269 g/mol. The molecule has 1 fully saturated rings. The second-order valence-electron chi connectivity index (χ2n) is 4.80. The van der Waals surface area contributed by atoms with Gasteiger partial charge in [-0.25, -0.2) is 0 Å². The van der Waals surface area contributed by atoms with Crippen LogP contribution in [-0.2, 0) is 19.1 Å². The van der Waals surface area contributed by atoms with Gasteiger partial charge >= 0.3 is 0 Å². The lowest BCUT2D eigenvalue weighted by Crippen LogP contribution is -2.44. The fourth-order valence-electron chi connectivity index (χ4n) is 1.93. The minimum atomic E-state index is -0.553. The zero-order valence-corrected chi connectivity index (χ0v) is 11.3. The van der Waals surface area contributed by atoms with Crippen molar-refractivity contribution in [2.45, 2.75) is 45.3 Å². The number of carbonyl (C=O) groups is 3. The van der Waals surface area contributed by atoms with Crippen molar-refractivity contribution < 1.29 is 19.1 Å². The fourth-order valence-corrected chi connectivity index (χ4v) is 1.93. The summed E-state index contributed by atoms with van der Waals surface area (Å²) in [6.45, 7) is 3.68. The van der Waals surface area contributed by atoms with Crippen LogP contribution in [0.5, 0.6) is 0 Å². The third-order valence-corrected chi connectivity index (χ3v) is 3.27. The van der Waals surface area contributed by atoms with Crippen LogP contribution < -0.4 is 11.1 Å². The summed E-state index contributed by atoms with van der Waals surface area (Å²) in [7, 11) is 0. The molecule has 0 bridgehead atoms. The number of hydrogen-bond donors (Lipinski definition) is 2. The Morgan fingerprint density at radius 1 is 1.58 bits per heavy atom. The van der Waals surface area contributed by atoms with Crippen molar-refractivity contribution in [3.8, 4) is 0 Å². The van der Waals surface area contributed by atoms with Gasteiger partial charge in [0.05, 0.1) is 6.10 Å². The summed E-state index contributed by atoms with van der Waals surface area (Å²) in [4.78, 5) is 34.0. The maximum Gasteiger partial charge on any atom is 0.224 e. The molecule has 6 heteroatoms. The first-order valence-corrected chi connectivity index (χ1v) is 6.53. The molecule has 1 saturated heterocycles. The van der Waals surface area contributed by atoms with Crippen molar-refractivity contribution in [2.75, 3.05) is 6.61 Å². The van der Waals surface area contributed by atoms with Crippen LogP contribution in [0.15, 0.2) is 0 Å². The summed E-state index contributed by atoms with van der Waals surface area (Å²) >= 11 is 0. The lowest BCUT2D eigenvalue weighted by Gasteiger charge is -2.17. The summed E-state index contributed by atoms with van der Waals surface area (Å²) in [5.74, 6) is -1.04. The average molecular weight is 269 g/mol. The average Bonchev–Trinajstić information content (AvgIpc) is 2.70. The highest BCUT2D eigenvalue weighted by Gasteiger charge is 2.35. The quantitative estimate of drug-likeness (QED) is 0.677. The number of hydrogen-bond acceptors (Lipinski definition) is 4. The van der Waals surface area contributed by atoms with E-state index in [0.29, 0.717) is 19.3 Å². The summed E-state index contributed by atoms with van der Waals surface area (Å²) < 4.78 is 5.26. The molecule has 3 atom stereocenters. The second kappa shape index (κ2) is 7.23. The fraction of sp³-hybridized carbons (Fsp3) is 0.692. The van der Waals surface area contributed by atoms with Crippen LogP contribution in [0.1, 0.15) is 33.1 Å². The Balaban J connectivity index is 2.31. The normalized spacial score (nSPS) is 24.2. The first kappa shape index (κ1) is 15.6. The van der Waals surface area contributed by atoms with Crippen molar-refractivity contribution in [1.29, 1.82) is 0 Å². The van der Waals surface area contributed by atoms with Gasteiger partial charge in [-0.1, -0.05) is 13.8 Å². The van der Waals surface area contributed by atoms with Gasteiger partial charge in [-0.05, 0) is 19.3 Å². The van der Waals surface area contributed by atoms with Crippen LogP contribution in [0, 0.1) is 12.3 Å². The molecule has 3 unspecified atom stereocenters. The van der Waals surface area contributed by atoms with Crippen LogP contribution in [0.3, 0.4) is 0 Å². The number of nitrogens with one attached hydrogen (secondary N) is 1. The molecule has 1 heterocycles. The van der Waals surface area contributed by atoms with Gasteiger partial charge in [0.15, 0.2) is 5.78 Å². The van der Waals surface area contributed by atoms with Crippen molar-refractivity contribution in [3.05, 3.63) is 6.42 Å². The number of ether oxygens (including phenoxy) is 1. The van der Waals surface area contributed by atoms with E-state index in [2.05, 4.69) is 5.32 Å². The molecule has 1 aliphatic rings. The standard InChI is InChI=1S/C13H21N2O4/c1-3-10-12(9(16)7-19-10)15-11(17)6-4-5-8(2)13(14)18/h6,8,10,12H,3-5,7H2,1-2H3,(H2,14,18)(H,15,17). The summed E-state index contributed by atoms with van der Waals surface area (Å²) in [6.07, 6.45) is 2.85. The van der Waals surface area contributed by atoms with Gasteiger partial charge in [-0.2, -0.15) is 0 Å². The Hall–Kier alpha value is -1.43. The lowest BCUT2D eigenvalue weighted by atomic mass is 10.0. The van der Waals surface area contributed by atoms with Crippen LogP contribution in [0.2, 0.25) is 0 Å². The second-order valence-corrected chi connectivity index (χ2v) is 4.80. The van der Waals surface area contributed by atoms with Gasteiger partial charge in [0, 0.05) is 12.3 Å². The minimum Gasteiger partial charge on any atom is -0.369 e. The Morgan fingerprint density at radius 2 is 2.26 bits per heavy atom. The molecule has 1 radical (unpaired) electrons. The molecule has 0 aromatic rings. The third-order valence-electron chi connectivity index (χ3n) is 3.27. The van der Waals surface area contributed by atoms with E-state index < -0.39 is 6.04 Å². The number of nitrogens with two attached hydrogens (primary N) is 1. The van der Waals surface area contributed by atoms with Gasteiger partial charge in [-0.15, -0.1) is 0 Å². The van der Waals surface area contributed by atoms with E-state index in [1.54, 1.807) is 6.92 Å². The van der Waals surface area contributed by atoms with Crippen LogP contribution in [0.25, 0.3) is 0 Å². The van der Waals surface area contributed by atoms with Crippen LogP contribution >= 0.6 is 0 Å². The summed E-state index contributed by atoms with van der Waals surface area (Å²) in [5, 5.41) is 2.65. The van der Waals surface area contributed by atoms with Gasteiger partial charge in [0.1, 0.15) is 12.6 Å². The predicted octanol–water partition coefficient (Wildman–Crippen LogP) is -0.0450. The molecule has 0 aliphatic carbocycles. The molecular weight excluding hydrogens is 248 g/mol. The van der Waals surface area contributed by atoms with E-state index in [9.17, 15) is 14.4 Å². The minimum absolute atomic E-state index is 0.0577. The molecule has 2 amide bonds. The van der Waals surface area contributed by atoms with Gasteiger partial charge < -0.3 is 15.8 Å². The largest absolute Gasteiger partial charge is 0.369 e. The zero-order chi connectivity index (χ0) is 14.4. The molecule has 0 saturated carbocycles. The Labute approximate surface area is 113 Å². The third kappa shape index (κ3) is 4.63. The molecule has 0 aromatic carbocycles. The van der Waals surface area contributed by atoms with Crippen molar-refractivity contribution in [1.82, 2.24) is 5.32 Å². The highest BCUT2D eigenvalue weighted by Crippen LogP contribution is 2.14. The smallest absolute Gasteiger partial charge is 0.224 e. The molecule has 19 heavy (non-hydrogen) atoms. The van der Waals surface area contributed by atoms with E-state index >= 15 is 0 Å². The van der Waals surface area contributed by atoms with Gasteiger partial charge in [0.2, 0.25) is 11.8 Å². The number of ketones is 1. The number of primary amides is 1. The number of rotatable bonds is 7. The van der Waals surface area contributed by atoms with Crippen molar-refractivity contribution in [2.24, 2.45) is 11.7 Å². The molecule has 0 aromatic heterocycles. The van der Waals surface area contributed by atoms with Crippen LogP contribution in [0.4, 0.5) is 0 Å².